The first kappa shape index (κ1) is 30.6. The molecule has 0 fully saturated rings. The van der Waals surface area contributed by atoms with Gasteiger partial charge >= 0.3 is 11.9 Å². The second-order valence-electron chi connectivity index (χ2n) is 7.74. The first-order valence-corrected chi connectivity index (χ1v) is 11.9. The summed E-state index contributed by atoms with van der Waals surface area (Å²) in [6, 6.07) is 0. The number of hydrogen-bond acceptors (Lipinski definition) is 5. The number of allylic oxidation sites excluding steroid dienone is 8. The molecule has 0 aromatic heterocycles. The van der Waals surface area contributed by atoms with Crippen molar-refractivity contribution >= 4 is 11.9 Å². The maximum absolute atomic E-state index is 11.7. The first-order valence-electron chi connectivity index (χ1n) is 11.9. The summed E-state index contributed by atoms with van der Waals surface area (Å²) in [5, 5.41) is 18.3. The number of hydrogen-bond donors (Lipinski definition) is 2. The standard InChI is InChI=1S/C27H42O6/c1-3-4-5-6-7-8-9-10-11-12-13-14-15-16-17-18-19-20-26(29)33-23-25(28)22-32-21-24(2)27(30)31/h7-8,10-11,13-14,16-17,25,28H,2-6,9,12,15,18-23H2,1H3,(H,30,31)/b8-7+,11-10-,14-13-,17-16+/t25-/m1/s1. The number of carboxylic acid groups (broad SMARTS) is 1. The summed E-state index contributed by atoms with van der Waals surface area (Å²) >= 11 is 0. The molecule has 0 aromatic rings. The average Bonchev–Trinajstić information content (AvgIpc) is 2.79. The van der Waals surface area contributed by atoms with E-state index in [4.69, 9.17) is 14.6 Å². The maximum Gasteiger partial charge on any atom is 0.333 e. The Bertz CT molecular complexity index is 645. The van der Waals surface area contributed by atoms with Gasteiger partial charge in [-0.05, 0) is 44.9 Å². The van der Waals surface area contributed by atoms with E-state index in [1.54, 1.807) is 0 Å². The third-order valence-electron chi connectivity index (χ3n) is 4.53. The highest BCUT2D eigenvalue weighted by atomic mass is 16.5. The van der Waals surface area contributed by atoms with E-state index in [0.717, 1.165) is 25.7 Å². The molecule has 33 heavy (non-hydrogen) atoms. The van der Waals surface area contributed by atoms with Crippen LogP contribution in [0.3, 0.4) is 0 Å². The van der Waals surface area contributed by atoms with E-state index in [0.29, 0.717) is 6.42 Å². The van der Waals surface area contributed by atoms with Crippen LogP contribution in [0.1, 0.15) is 71.1 Å². The molecule has 0 bridgehead atoms. The minimum atomic E-state index is -1.15. The van der Waals surface area contributed by atoms with Crippen LogP contribution in [-0.2, 0) is 19.1 Å². The van der Waals surface area contributed by atoms with Crippen LogP contribution in [0, 0.1) is 0 Å². The van der Waals surface area contributed by atoms with Crippen molar-refractivity contribution < 1.29 is 29.3 Å². The van der Waals surface area contributed by atoms with Gasteiger partial charge < -0.3 is 19.7 Å². The number of carbonyl (C=O) groups is 2. The van der Waals surface area contributed by atoms with Crippen LogP contribution in [0.2, 0.25) is 0 Å². The number of aliphatic hydroxyl groups is 1. The summed E-state index contributed by atoms with van der Waals surface area (Å²) < 4.78 is 9.99. The number of unbranched alkanes of at least 4 members (excludes halogenated alkanes) is 4. The lowest BCUT2D eigenvalue weighted by Crippen LogP contribution is -2.24. The molecular formula is C27H42O6. The summed E-state index contributed by atoms with van der Waals surface area (Å²) in [6.45, 7) is 5.05. The quantitative estimate of drug-likeness (QED) is 0.0984. The van der Waals surface area contributed by atoms with Crippen molar-refractivity contribution in [3.05, 3.63) is 60.8 Å². The Morgan fingerprint density at radius 2 is 1.39 bits per heavy atom. The van der Waals surface area contributed by atoms with E-state index in [1.807, 2.05) is 0 Å². The normalized spacial score (nSPS) is 12.9. The Hall–Kier alpha value is -2.44. The lowest BCUT2D eigenvalue weighted by molar-refractivity contribution is -0.147. The zero-order valence-corrected chi connectivity index (χ0v) is 20.1. The van der Waals surface area contributed by atoms with Gasteiger partial charge in [0.1, 0.15) is 12.7 Å². The SMILES string of the molecule is C=C(COC[C@@H](O)COC(=O)CCC/C=C/C/C=C\C/C=C\C/C=C/CCCCC)C(=O)O. The van der Waals surface area contributed by atoms with E-state index < -0.39 is 12.1 Å². The minimum Gasteiger partial charge on any atom is -0.478 e. The first-order chi connectivity index (χ1) is 16.0. The molecular weight excluding hydrogens is 420 g/mol. The second-order valence-corrected chi connectivity index (χ2v) is 7.74. The number of ether oxygens (including phenoxy) is 2. The van der Waals surface area contributed by atoms with Gasteiger partial charge in [0.25, 0.3) is 0 Å². The van der Waals surface area contributed by atoms with Crippen molar-refractivity contribution in [2.24, 2.45) is 0 Å². The van der Waals surface area contributed by atoms with Gasteiger partial charge in [0.05, 0.1) is 18.8 Å². The molecule has 6 heteroatoms. The number of aliphatic hydroxyl groups excluding tert-OH is 1. The smallest absolute Gasteiger partial charge is 0.333 e. The van der Waals surface area contributed by atoms with E-state index in [9.17, 15) is 14.7 Å². The van der Waals surface area contributed by atoms with Gasteiger partial charge in [-0.15, -0.1) is 0 Å². The molecule has 186 valence electrons. The van der Waals surface area contributed by atoms with Gasteiger partial charge in [0, 0.05) is 6.42 Å². The summed E-state index contributed by atoms with van der Waals surface area (Å²) in [5.74, 6) is -1.52. The lowest BCUT2D eigenvalue weighted by atomic mass is 10.2. The van der Waals surface area contributed by atoms with Crippen LogP contribution >= 0.6 is 0 Å². The van der Waals surface area contributed by atoms with Gasteiger partial charge in [-0.25, -0.2) is 4.79 Å². The number of carboxylic acids is 1. The molecule has 0 amide bonds. The fraction of sp³-hybridized carbons (Fsp3) is 0.556. The Morgan fingerprint density at radius 1 is 0.848 bits per heavy atom. The van der Waals surface area contributed by atoms with Crippen LogP contribution in [-0.4, -0.2) is 48.1 Å². The van der Waals surface area contributed by atoms with Crippen LogP contribution in [0.15, 0.2) is 60.8 Å². The van der Waals surface area contributed by atoms with Crippen molar-refractivity contribution in [3.63, 3.8) is 0 Å². The largest absolute Gasteiger partial charge is 0.478 e. The summed E-state index contributed by atoms with van der Waals surface area (Å²) in [4.78, 5) is 22.2. The summed E-state index contributed by atoms with van der Waals surface area (Å²) in [5.41, 5.74) is -0.101. The maximum atomic E-state index is 11.7. The van der Waals surface area contributed by atoms with Gasteiger partial charge in [0.2, 0.25) is 0 Å². The highest BCUT2D eigenvalue weighted by Crippen LogP contribution is 2.03. The predicted molar refractivity (Wildman–Crippen MR) is 133 cm³/mol. The molecule has 1 atom stereocenters. The topological polar surface area (TPSA) is 93.1 Å². The third-order valence-corrected chi connectivity index (χ3v) is 4.53. The molecule has 0 saturated carbocycles. The molecule has 0 spiro atoms. The molecule has 0 aromatic carbocycles. The fourth-order valence-corrected chi connectivity index (χ4v) is 2.61. The number of rotatable bonds is 21. The Labute approximate surface area is 199 Å². The fourth-order valence-electron chi connectivity index (χ4n) is 2.61. The second kappa shape index (κ2) is 22.7. The number of esters is 1. The Kier molecular flexibility index (Phi) is 21.1. The van der Waals surface area contributed by atoms with Crippen LogP contribution in [0.25, 0.3) is 0 Å². The van der Waals surface area contributed by atoms with Gasteiger partial charge in [-0.3, -0.25) is 4.79 Å². The van der Waals surface area contributed by atoms with Crippen molar-refractivity contribution in [1.82, 2.24) is 0 Å². The minimum absolute atomic E-state index is 0.101. The molecule has 0 heterocycles. The van der Waals surface area contributed by atoms with Crippen molar-refractivity contribution in [3.8, 4) is 0 Å². The Balaban J connectivity index is 3.61. The van der Waals surface area contributed by atoms with Gasteiger partial charge in [-0.2, -0.15) is 0 Å². The van der Waals surface area contributed by atoms with Crippen molar-refractivity contribution in [2.45, 2.75) is 77.2 Å². The molecule has 0 aliphatic heterocycles. The zero-order valence-electron chi connectivity index (χ0n) is 20.1. The van der Waals surface area contributed by atoms with E-state index >= 15 is 0 Å². The number of aliphatic carboxylic acids is 1. The van der Waals surface area contributed by atoms with E-state index in [1.165, 1.54) is 25.7 Å². The van der Waals surface area contributed by atoms with E-state index in [-0.39, 0.29) is 37.8 Å². The van der Waals surface area contributed by atoms with Gasteiger partial charge in [-0.1, -0.05) is 75.0 Å². The van der Waals surface area contributed by atoms with Crippen LogP contribution < -0.4 is 0 Å². The zero-order chi connectivity index (χ0) is 24.6. The van der Waals surface area contributed by atoms with Crippen LogP contribution in [0.4, 0.5) is 0 Å². The average molecular weight is 463 g/mol. The van der Waals surface area contributed by atoms with E-state index in [2.05, 4.69) is 62.1 Å². The molecule has 2 N–H and O–H groups in total. The molecule has 0 aliphatic rings. The third kappa shape index (κ3) is 22.5. The van der Waals surface area contributed by atoms with Crippen molar-refractivity contribution in [1.29, 1.82) is 0 Å². The summed E-state index contributed by atoms with van der Waals surface area (Å²) in [6.07, 6.45) is 25.9. The lowest BCUT2D eigenvalue weighted by Gasteiger charge is -2.11. The highest BCUT2D eigenvalue weighted by Gasteiger charge is 2.10. The molecule has 0 saturated heterocycles. The Morgan fingerprint density at radius 3 is 1.94 bits per heavy atom. The molecule has 0 rings (SSSR count). The molecule has 0 unspecified atom stereocenters. The molecule has 0 radical (unpaired) electrons. The molecule has 0 aliphatic carbocycles. The van der Waals surface area contributed by atoms with Crippen LogP contribution in [0.5, 0.6) is 0 Å². The van der Waals surface area contributed by atoms with Gasteiger partial charge in [0.15, 0.2) is 0 Å². The summed E-state index contributed by atoms with van der Waals surface area (Å²) in [7, 11) is 0. The number of carbonyl (C=O) groups excluding carboxylic acids is 1. The monoisotopic (exact) mass is 462 g/mol. The molecule has 6 nitrogen and oxygen atoms in total. The predicted octanol–water partition coefficient (Wildman–Crippen LogP) is 5.69. The highest BCUT2D eigenvalue weighted by molar-refractivity contribution is 5.85. The van der Waals surface area contributed by atoms with Crippen molar-refractivity contribution in [2.75, 3.05) is 19.8 Å².